The Morgan fingerprint density at radius 1 is 0.733 bits per heavy atom. The second kappa shape index (κ2) is 15.2. The van der Waals surface area contributed by atoms with E-state index in [1.807, 2.05) is 0 Å². The first kappa shape index (κ1) is 34.3. The number of carbonyl (C=O) groups excluding carboxylic acids is 1. The quantitative estimate of drug-likeness (QED) is 0.0720. The number of carbonyl (C=O) groups is 1. The van der Waals surface area contributed by atoms with E-state index in [1.165, 1.54) is 42.5 Å². The van der Waals surface area contributed by atoms with Crippen LogP contribution < -0.4 is 0 Å². The first-order valence-electron chi connectivity index (χ1n) is 13.9. The highest BCUT2D eigenvalue weighted by atomic mass is 16.7. The van der Waals surface area contributed by atoms with Crippen molar-refractivity contribution < 1.29 is 79.5 Å². The van der Waals surface area contributed by atoms with Gasteiger partial charge in [-0.2, -0.15) is 0 Å². The molecule has 2 saturated heterocycles. The molecule has 2 heterocycles. The molecule has 2 fully saturated rings. The van der Waals surface area contributed by atoms with Crippen LogP contribution in [0.1, 0.15) is 11.1 Å². The van der Waals surface area contributed by atoms with E-state index in [-0.39, 0.29) is 30.3 Å². The van der Waals surface area contributed by atoms with Gasteiger partial charge in [0.1, 0.15) is 42.7 Å². The maximum Gasteiger partial charge on any atom is 0.331 e. The normalized spacial score (nSPS) is 32.0. The molecule has 0 bridgehead atoms. The highest BCUT2D eigenvalue weighted by Gasteiger charge is 2.49. The van der Waals surface area contributed by atoms with Crippen LogP contribution in [0, 0.1) is 0 Å². The molecule has 10 atom stereocenters. The van der Waals surface area contributed by atoms with Crippen LogP contribution in [0.2, 0.25) is 0 Å². The van der Waals surface area contributed by atoms with Gasteiger partial charge in [-0.1, -0.05) is 12.1 Å². The predicted molar refractivity (Wildman–Crippen MR) is 149 cm³/mol. The zero-order valence-electron chi connectivity index (χ0n) is 23.6. The van der Waals surface area contributed by atoms with Crippen molar-refractivity contribution in [3.8, 4) is 23.0 Å². The summed E-state index contributed by atoms with van der Waals surface area (Å²) in [5, 5.41) is 99.8. The molecule has 16 nitrogen and oxygen atoms in total. The average Bonchev–Trinajstić information content (AvgIpc) is 3.01. The van der Waals surface area contributed by atoms with E-state index >= 15 is 0 Å². The molecule has 2 aromatic rings. The summed E-state index contributed by atoms with van der Waals surface area (Å²) in [6.45, 7) is -1.38. The van der Waals surface area contributed by atoms with Crippen molar-refractivity contribution in [3.05, 3.63) is 53.6 Å². The third-order valence-corrected chi connectivity index (χ3v) is 7.29. The summed E-state index contributed by atoms with van der Waals surface area (Å²) in [7, 11) is 0. The lowest BCUT2D eigenvalue weighted by molar-refractivity contribution is -0.331. The molecule has 0 aliphatic carbocycles. The number of hydrogen-bond donors (Lipinski definition) is 10. The van der Waals surface area contributed by atoms with E-state index in [2.05, 4.69) is 0 Å². The first-order valence-corrected chi connectivity index (χ1v) is 13.9. The van der Waals surface area contributed by atoms with Crippen molar-refractivity contribution in [2.75, 3.05) is 19.8 Å². The zero-order valence-corrected chi connectivity index (χ0v) is 23.6. The molecule has 0 spiro atoms. The van der Waals surface area contributed by atoms with Crippen LogP contribution in [0.4, 0.5) is 0 Å². The van der Waals surface area contributed by atoms with Gasteiger partial charge in [0.25, 0.3) is 0 Å². The molecule has 2 aliphatic rings. The van der Waals surface area contributed by atoms with Crippen LogP contribution in [-0.2, 0) is 34.9 Å². The zero-order chi connectivity index (χ0) is 32.8. The topological polar surface area (TPSA) is 266 Å². The Kier molecular flexibility index (Phi) is 11.6. The molecule has 0 saturated carbocycles. The summed E-state index contributed by atoms with van der Waals surface area (Å²) < 4.78 is 27.6. The van der Waals surface area contributed by atoms with Gasteiger partial charge in [-0.25, -0.2) is 4.79 Å². The van der Waals surface area contributed by atoms with Crippen LogP contribution >= 0.6 is 0 Å². The van der Waals surface area contributed by atoms with Crippen molar-refractivity contribution in [2.45, 2.75) is 67.8 Å². The monoisotopic (exact) mass is 640 g/mol. The molecular formula is C29H36O16. The smallest absolute Gasteiger partial charge is 0.331 e. The highest BCUT2D eigenvalue weighted by molar-refractivity contribution is 5.87. The Bertz CT molecular complexity index is 1320. The summed E-state index contributed by atoms with van der Waals surface area (Å²) in [6.07, 6.45) is -13.6. The molecule has 4 rings (SSSR count). The lowest BCUT2D eigenvalue weighted by Crippen LogP contribution is -2.62. The fraction of sp³-hybridized carbons (Fsp3) is 0.483. The van der Waals surface area contributed by atoms with Gasteiger partial charge in [0.15, 0.2) is 41.7 Å². The summed E-state index contributed by atoms with van der Waals surface area (Å²) in [6, 6.07) is 7.91. The number of benzene rings is 2. The van der Waals surface area contributed by atoms with E-state index in [0.29, 0.717) is 11.1 Å². The van der Waals surface area contributed by atoms with Crippen LogP contribution in [0.25, 0.3) is 6.08 Å². The van der Waals surface area contributed by atoms with Gasteiger partial charge < -0.3 is 74.7 Å². The number of aliphatic hydroxyl groups is 6. The van der Waals surface area contributed by atoms with Gasteiger partial charge >= 0.3 is 5.97 Å². The van der Waals surface area contributed by atoms with Crippen molar-refractivity contribution in [3.63, 3.8) is 0 Å². The lowest BCUT2D eigenvalue weighted by atomic mass is 9.98. The minimum Gasteiger partial charge on any atom is -0.504 e. The number of esters is 1. The summed E-state index contributed by atoms with van der Waals surface area (Å²) in [5.74, 6) is -2.46. The van der Waals surface area contributed by atoms with Crippen molar-refractivity contribution in [2.24, 2.45) is 0 Å². The molecule has 16 heteroatoms. The number of phenols is 4. The minimum atomic E-state index is -1.79. The van der Waals surface area contributed by atoms with Crippen molar-refractivity contribution in [1.29, 1.82) is 0 Å². The van der Waals surface area contributed by atoms with E-state index in [9.17, 15) is 55.9 Å². The Hall–Kier alpha value is -3.55. The molecule has 0 unspecified atom stereocenters. The lowest BCUT2D eigenvalue weighted by Gasteiger charge is -2.43. The molecule has 2 aliphatic heterocycles. The molecular weight excluding hydrogens is 604 g/mol. The summed E-state index contributed by atoms with van der Waals surface area (Å²) in [5.41, 5.74) is 0.889. The minimum absolute atomic E-state index is 0.0916. The molecule has 10 N–H and O–H groups in total. The van der Waals surface area contributed by atoms with Crippen molar-refractivity contribution in [1.82, 2.24) is 0 Å². The predicted octanol–water partition coefficient (Wildman–Crippen LogP) is -2.04. The molecule has 248 valence electrons. The fourth-order valence-electron chi connectivity index (χ4n) is 4.72. The Labute approximate surface area is 256 Å². The average molecular weight is 641 g/mol. The van der Waals surface area contributed by atoms with E-state index in [4.69, 9.17) is 23.7 Å². The number of aliphatic hydroxyl groups excluding tert-OH is 6. The van der Waals surface area contributed by atoms with E-state index < -0.39 is 86.3 Å². The molecule has 0 amide bonds. The van der Waals surface area contributed by atoms with Crippen LogP contribution in [0.3, 0.4) is 0 Å². The van der Waals surface area contributed by atoms with E-state index in [1.54, 1.807) is 0 Å². The number of ether oxygens (including phenoxy) is 5. The second-order valence-electron chi connectivity index (χ2n) is 10.5. The maximum absolute atomic E-state index is 12.7. The maximum atomic E-state index is 12.7. The van der Waals surface area contributed by atoms with E-state index in [0.717, 1.165) is 6.08 Å². The number of hydrogen-bond acceptors (Lipinski definition) is 16. The Morgan fingerprint density at radius 3 is 2.02 bits per heavy atom. The van der Waals surface area contributed by atoms with Crippen LogP contribution in [0.15, 0.2) is 42.5 Å². The first-order chi connectivity index (χ1) is 21.4. The third kappa shape index (κ3) is 8.39. The standard InChI is InChI=1S/C29H36O16/c30-11-19-22(36)23(37)25(39)29(43-19)42-12-20-27(45-21(35)6-3-13-1-4-15(31)17(33)9-13)24(38)26(40)28(44-20)41-8-7-14-2-5-16(32)18(34)10-14/h1-6,9-10,19-20,22-34,36-40H,7-8,11-12H2/t19-,20-,22-,23+,24-,25-,26-,27-,28+,29+/m1/s1. The second-order valence-corrected chi connectivity index (χ2v) is 10.5. The largest absolute Gasteiger partial charge is 0.504 e. The number of rotatable bonds is 11. The SMILES string of the molecule is O=C(C=Cc1ccc(O)c(O)c1)O[C@H]1[C@H](O)[C@@H](O)[C@@H](OCCc2ccc(O)c(O)c2)O[C@@H]1CO[C@H]1O[C@H](CO)[C@@H](O)[C@H](O)[C@H]1O. The molecule has 45 heavy (non-hydrogen) atoms. The van der Waals surface area contributed by atoms with Gasteiger partial charge in [0.05, 0.1) is 19.8 Å². The summed E-state index contributed by atoms with van der Waals surface area (Å²) >= 11 is 0. The Morgan fingerprint density at radius 2 is 1.36 bits per heavy atom. The van der Waals surface area contributed by atoms with Gasteiger partial charge in [-0.15, -0.1) is 0 Å². The third-order valence-electron chi connectivity index (χ3n) is 7.29. The number of phenolic OH excluding ortho intramolecular Hbond substituents is 4. The van der Waals surface area contributed by atoms with Gasteiger partial charge in [-0.05, 0) is 47.9 Å². The van der Waals surface area contributed by atoms with Gasteiger partial charge in [-0.3, -0.25) is 0 Å². The van der Waals surface area contributed by atoms with Crippen molar-refractivity contribution >= 4 is 12.0 Å². The summed E-state index contributed by atoms with van der Waals surface area (Å²) in [4.78, 5) is 12.7. The molecule has 0 aromatic heterocycles. The highest BCUT2D eigenvalue weighted by Crippen LogP contribution is 2.29. The molecule has 2 aromatic carbocycles. The molecule has 0 radical (unpaired) electrons. The number of aromatic hydroxyl groups is 4. The fourth-order valence-corrected chi connectivity index (χ4v) is 4.72. The van der Waals surface area contributed by atoms with Crippen LogP contribution in [0.5, 0.6) is 23.0 Å². The van der Waals surface area contributed by atoms with Gasteiger partial charge in [0, 0.05) is 6.08 Å². The van der Waals surface area contributed by atoms with Gasteiger partial charge in [0.2, 0.25) is 0 Å². The van der Waals surface area contributed by atoms with Crippen LogP contribution in [-0.4, -0.2) is 138 Å². The Balaban J connectivity index is 1.46.